The van der Waals surface area contributed by atoms with Crippen LogP contribution in [-0.2, 0) is 9.53 Å². The number of rotatable bonds is 26. The summed E-state index contributed by atoms with van der Waals surface area (Å²) in [6, 6.07) is 11.6. The number of unbranched alkanes of at least 4 members (excludes halogenated alkanes) is 11. The molecule has 0 aromatic heterocycles. The highest BCUT2D eigenvalue weighted by Crippen LogP contribution is 2.41. The van der Waals surface area contributed by atoms with E-state index >= 15 is 0 Å². The Balaban J connectivity index is 1.45. The van der Waals surface area contributed by atoms with Crippen molar-refractivity contribution in [1.29, 1.82) is 0 Å². The van der Waals surface area contributed by atoms with E-state index in [1.807, 2.05) is 18.2 Å². The smallest absolute Gasteiger partial charge is 0.306 e. The molecule has 1 fully saturated rings. The third-order valence-corrected chi connectivity index (χ3v) is 9.27. The second-order valence-corrected chi connectivity index (χ2v) is 13.1. The predicted molar refractivity (Wildman–Crippen MR) is 203 cm³/mol. The van der Waals surface area contributed by atoms with Crippen molar-refractivity contribution in [2.24, 2.45) is 0 Å². The summed E-state index contributed by atoms with van der Waals surface area (Å²) in [4.78, 5) is 17.7. The molecule has 0 saturated carbocycles. The first-order chi connectivity index (χ1) is 24.5. The zero-order chi connectivity index (χ0) is 35.8. The van der Waals surface area contributed by atoms with Crippen LogP contribution in [0.5, 0.6) is 28.7 Å². The highest BCUT2D eigenvalue weighted by Gasteiger charge is 2.25. The highest BCUT2D eigenvalue weighted by molar-refractivity contribution is 5.69. The third-order valence-electron chi connectivity index (χ3n) is 9.27. The van der Waals surface area contributed by atoms with Gasteiger partial charge in [-0.2, -0.15) is 0 Å². The normalized spacial score (nSPS) is 14.1. The van der Waals surface area contributed by atoms with Gasteiger partial charge >= 0.3 is 5.97 Å². The lowest BCUT2D eigenvalue weighted by Crippen LogP contribution is -2.50. The van der Waals surface area contributed by atoms with Crippen LogP contribution in [0.25, 0.3) is 0 Å². The van der Waals surface area contributed by atoms with Gasteiger partial charge in [0.05, 0.1) is 34.1 Å². The van der Waals surface area contributed by atoms with Crippen LogP contribution in [0.1, 0.15) is 96.8 Å². The fourth-order valence-electron chi connectivity index (χ4n) is 6.39. The second-order valence-electron chi connectivity index (χ2n) is 13.1. The van der Waals surface area contributed by atoms with E-state index in [0.29, 0.717) is 36.0 Å². The number of anilines is 1. The quantitative estimate of drug-likeness (QED) is 0.0545. The molecule has 50 heavy (non-hydrogen) atoms. The minimum absolute atomic E-state index is 0.172. The van der Waals surface area contributed by atoms with Crippen LogP contribution in [0.4, 0.5) is 5.69 Å². The number of carbonyl (C=O) groups is 1. The van der Waals surface area contributed by atoms with Crippen molar-refractivity contribution in [1.82, 2.24) is 4.90 Å². The maximum Gasteiger partial charge on any atom is 0.306 e. The van der Waals surface area contributed by atoms with Crippen molar-refractivity contribution >= 4 is 11.7 Å². The Labute approximate surface area is 302 Å². The van der Waals surface area contributed by atoms with Gasteiger partial charge in [0.2, 0.25) is 5.75 Å². The average molecular weight is 697 g/mol. The van der Waals surface area contributed by atoms with Crippen molar-refractivity contribution in [3.05, 3.63) is 48.6 Å². The lowest BCUT2D eigenvalue weighted by Gasteiger charge is -2.37. The first-order valence-corrected chi connectivity index (χ1v) is 18.9. The largest absolute Gasteiger partial charge is 0.495 e. The van der Waals surface area contributed by atoms with Crippen LogP contribution in [0.2, 0.25) is 0 Å². The van der Waals surface area contributed by atoms with E-state index in [1.165, 1.54) is 57.8 Å². The minimum Gasteiger partial charge on any atom is -0.495 e. The fraction of sp³-hybridized carbons (Fsp3) is 0.634. The first-order valence-electron chi connectivity index (χ1n) is 18.9. The van der Waals surface area contributed by atoms with E-state index in [9.17, 15) is 4.79 Å². The molecular formula is C41H64N2O7. The Morgan fingerprint density at radius 3 is 1.90 bits per heavy atom. The summed E-state index contributed by atoms with van der Waals surface area (Å²) in [5, 5.41) is 0. The fourth-order valence-corrected chi connectivity index (χ4v) is 6.39. The Morgan fingerprint density at radius 1 is 0.720 bits per heavy atom. The Morgan fingerprint density at radius 2 is 1.30 bits per heavy atom. The summed E-state index contributed by atoms with van der Waals surface area (Å²) in [5.41, 5.74) is 1.10. The van der Waals surface area contributed by atoms with E-state index in [-0.39, 0.29) is 12.6 Å². The Bertz CT molecular complexity index is 1220. The number of methoxy groups -OCH3 is 4. The molecule has 1 atom stereocenters. The van der Waals surface area contributed by atoms with Crippen molar-refractivity contribution in [2.45, 2.75) is 103 Å². The highest BCUT2D eigenvalue weighted by atomic mass is 16.6. The van der Waals surface area contributed by atoms with Gasteiger partial charge in [-0.3, -0.25) is 9.69 Å². The molecule has 1 aliphatic rings. The molecule has 1 aliphatic heterocycles. The minimum atomic E-state index is -0.428. The molecule has 1 saturated heterocycles. The van der Waals surface area contributed by atoms with Crippen molar-refractivity contribution in [2.75, 3.05) is 72.7 Å². The van der Waals surface area contributed by atoms with Gasteiger partial charge in [0.15, 0.2) is 11.5 Å². The van der Waals surface area contributed by atoms with Crippen molar-refractivity contribution in [3.63, 3.8) is 0 Å². The molecule has 0 bridgehead atoms. The number of benzene rings is 2. The lowest BCUT2D eigenvalue weighted by molar-refractivity contribution is -0.151. The molecular weight excluding hydrogens is 632 g/mol. The number of piperazine rings is 1. The molecule has 0 N–H and O–H groups in total. The Kier molecular flexibility index (Phi) is 20.0. The van der Waals surface area contributed by atoms with Gasteiger partial charge in [-0.1, -0.05) is 82.6 Å². The number of ether oxygens (including phenoxy) is 6. The van der Waals surface area contributed by atoms with Crippen LogP contribution < -0.4 is 28.6 Å². The molecule has 1 unspecified atom stereocenters. The van der Waals surface area contributed by atoms with Gasteiger partial charge in [0, 0.05) is 51.3 Å². The number of allylic oxidation sites excluding steroid dienone is 2. The van der Waals surface area contributed by atoms with E-state index in [0.717, 1.165) is 63.3 Å². The van der Waals surface area contributed by atoms with Crippen LogP contribution >= 0.6 is 0 Å². The summed E-state index contributed by atoms with van der Waals surface area (Å²) in [6.07, 6.45) is 20.6. The van der Waals surface area contributed by atoms with Gasteiger partial charge < -0.3 is 33.3 Å². The standard InChI is InChI=1S/C41H64N2O7/c1-6-7-8-9-10-11-12-13-14-15-16-17-18-19-20-25-40(44)50-35(33-49-34-30-38(46-3)41(48-5)39(31-34)47-4)32-42-26-28-43(29-27-42)36-23-21-22-24-37(36)45-2/h13-14,21-24,30-31,35H,6-12,15-20,25-29,32-33H2,1-5H3/b14-13+. The summed E-state index contributed by atoms with van der Waals surface area (Å²) in [6.45, 7) is 6.44. The lowest BCUT2D eigenvalue weighted by atomic mass is 10.1. The molecule has 9 heteroatoms. The monoisotopic (exact) mass is 696 g/mol. The van der Waals surface area contributed by atoms with Gasteiger partial charge in [0.1, 0.15) is 24.2 Å². The maximum atomic E-state index is 13.0. The van der Waals surface area contributed by atoms with E-state index in [1.54, 1.807) is 40.6 Å². The van der Waals surface area contributed by atoms with Crippen molar-refractivity contribution in [3.8, 4) is 28.7 Å². The van der Waals surface area contributed by atoms with Crippen LogP contribution in [0.3, 0.4) is 0 Å². The molecule has 0 aliphatic carbocycles. The number of hydrogen-bond donors (Lipinski definition) is 0. The molecule has 0 spiro atoms. The van der Waals surface area contributed by atoms with Gasteiger partial charge in [-0.15, -0.1) is 0 Å². The van der Waals surface area contributed by atoms with Crippen LogP contribution in [-0.4, -0.2) is 84.7 Å². The first kappa shape index (κ1) is 40.8. The van der Waals surface area contributed by atoms with Gasteiger partial charge in [0.25, 0.3) is 0 Å². The van der Waals surface area contributed by atoms with Crippen LogP contribution in [0, 0.1) is 0 Å². The predicted octanol–water partition coefficient (Wildman–Crippen LogP) is 8.87. The second kappa shape index (κ2) is 24.5. The molecule has 280 valence electrons. The molecule has 0 radical (unpaired) electrons. The number of hydrogen-bond acceptors (Lipinski definition) is 9. The average Bonchev–Trinajstić information content (AvgIpc) is 3.15. The summed E-state index contributed by atoms with van der Waals surface area (Å²) in [5.74, 6) is 2.77. The number of para-hydroxylation sites is 2. The molecule has 0 amide bonds. The van der Waals surface area contributed by atoms with Gasteiger partial charge in [-0.05, 0) is 44.2 Å². The number of carbonyl (C=O) groups excluding carboxylic acids is 1. The van der Waals surface area contributed by atoms with E-state index < -0.39 is 6.10 Å². The summed E-state index contributed by atoms with van der Waals surface area (Å²) < 4.78 is 34.3. The molecule has 3 rings (SSSR count). The van der Waals surface area contributed by atoms with Gasteiger partial charge in [-0.25, -0.2) is 0 Å². The Hall–Kier alpha value is -3.59. The molecule has 9 nitrogen and oxygen atoms in total. The zero-order valence-electron chi connectivity index (χ0n) is 31.6. The SMILES string of the molecule is CCCCCCCC/C=C/CCCCCCCC(=O)OC(COc1cc(OC)c(OC)c(OC)c1)CN1CCN(c2ccccc2OC)CC1. The maximum absolute atomic E-state index is 13.0. The van der Waals surface area contributed by atoms with E-state index in [2.05, 4.69) is 34.9 Å². The third kappa shape index (κ3) is 14.7. The summed E-state index contributed by atoms with van der Waals surface area (Å²) >= 11 is 0. The molecule has 2 aromatic rings. The topological polar surface area (TPSA) is 78.9 Å². The zero-order valence-corrected chi connectivity index (χ0v) is 31.6. The van der Waals surface area contributed by atoms with Crippen LogP contribution in [0.15, 0.2) is 48.6 Å². The van der Waals surface area contributed by atoms with E-state index in [4.69, 9.17) is 28.4 Å². The molecule has 1 heterocycles. The number of nitrogens with zero attached hydrogens (tertiary/aromatic N) is 2. The van der Waals surface area contributed by atoms with Crippen molar-refractivity contribution < 1.29 is 33.2 Å². The summed E-state index contributed by atoms with van der Waals surface area (Å²) in [7, 11) is 6.43. The number of esters is 1. The molecule has 2 aromatic carbocycles.